The molecule has 3 nitrogen and oxygen atoms in total. The van der Waals surface area contributed by atoms with Crippen LogP contribution in [0.3, 0.4) is 0 Å². The van der Waals surface area contributed by atoms with Crippen LogP contribution in [0.2, 0.25) is 0 Å². The largest absolute Gasteiger partial charge is 0.391 e. The van der Waals surface area contributed by atoms with Crippen molar-refractivity contribution in [1.29, 1.82) is 0 Å². The smallest absolute Gasteiger partial charge is 0.207 e. The van der Waals surface area contributed by atoms with Crippen LogP contribution in [0.1, 0.15) is 19.3 Å². The predicted octanol–water partition coefficient (Wildman–Crippen LogP) is 0.615. The molecule has 1 heterocycles. The summed E-state index contributed by atoms with van der Waals surface area (Å²) in [5.74, 6) is 0. The molecular weight excluding hydrogens is 152 g/mol. The van der Waals surface area contributed by atoms with Gasteiger partial charge in [0.1, 0.15) is 0 Å². The quantitative estimate of drug-likeness (QED) is 0.618. The summed E-state index contributed by atoms with van der Waals surface area (Å²) in [5, 5.41) is 9.60. The molecular formula is C9H14N2O. The van der Waals surface area contributed by atoms with Gasteiger partial charge in [0, 0.05) is 19.4 Å². The lowest BCUT2D eigenvalue weighted by Crippen LogP contribution is -2.35. The summed E-state index contributed by atoms with van der Waals surface area (Å²) >= 11 is 0. The lowest BCUT2D eigenvalue weighted by Gasteiger charge is -2.25. The standard InChI is InChI=1S/C9H14N2O/c1-10-5-6-11(7-10)8-3-2-4-9(8)12/h5-6,8-9,12H,2-4H2,1H3. The van der Waals surface area contributed by atoms with E-state index in [2.05, 4.69) is 6.67 Å². The second-order valence-corrected chi connectivity index (χ2v) is 3.48. The molecule has 0 saturated heterocycles. The van der Waals surface area contributed by atoms with E-state index in [1.54, 1.807) is 0 Å². The number of aliphatic hydroxyl groups is 1. The normalized spacial score (nSPS) is 35.2. The van der Waals surface area contributed by atoms with Crippen LogP contribution in [0.4, 0.5) is 0 Å². The molecule has 2 rings (SSSR count). The van der Waals surface area contributed by atoms with E-state index in [1.807, 2.05) is 29.2 Å². The molecule has 2 atom stereocenters. The van der Waals surface area contributed by atoms with Crippen molar-refractivity contribution >= 4 is 0 Å². The summed E-state index contributed by atoms with van der Waals surface area (Å²) in [4.78, 5) is 3.86. The first-order chi connectivity index (χ1) is 5.77. The molecule has 0 bridgehead atoms. The fourth-order valence-corrected chi connectivity index (χ4v) is 1.85. The Kier molecular flexibility index (Phi) is 1.97. The molecule has 1 N–H and O–H groups in total. The molecule has 0 amide bonds. The summed E-state index contributed by atoms with van der Waals surface area (Å²) in [6, 6.07) is 0.256. The van der Waals surface area contributed by atoms with Gasteiger partial charge in [-0.2, -0.15) is 0 Å². The molecule has 2 unspecified atom stereocenters. The lowest BCUT2D eigenvalue weighted by molar-refractivity contribution is 0.106. The van der Waals surface area contributed by atoms with Gasteiger partial charge in [-0.25, -0.2) is 0 Å². The van der Waals surface area contributed by atoms with E-state index in [-0.39, 0.29) is 12.1 Å². The van der Waals surface area contributed by atoms with Gasteiger partial charge in [-0.3, -0.25) is 0 Å². The zero-order valence-corrected chi connectivity index (χ0v) is 7.27. The Hall–Kier alpha value is -0.700. The highest BCUT2D eigenvalue weighted by Crippen LogP contribution is 2.27. The minimum absolute atomic E-state index is 0.173. The van der Waals surface area contributed by atoms with Crippen molar-refractivity contribution in [2.75, 3.05) is 7.05 Å². The highest BCUT2D eigenvalue weighted by atomic mass is 16.3. The average Bonchev–Trinajstić information content (AvgIpc) is 2.58. The summed E-state index contributed by atoms with van der Waals surface area (Å²) in [6.07, 6.45) is 6.88. The van der Waals surface area contributed by atoms with Crippen molar-refractivity contribution in [2.45, 2.75) is 31.4 Å². The van der Waals surface area contributed by atoms with E-state index in [1.165, 1.54) is 0 Å². The number of hydrogen-bond donors (Lipinski definition) is 1. The van der Waals surface area contributed by atoms with Gasteiger partial charge in [0.25, 0.3) is 0 Å². The molecule has 66 valence electrons. The Morgan fingerprint density at radius 1 is 1.42 bits per heavy atom. The fourth-order valence-electron chi connectivity index (χ4n) is 1.85. The number of nitrogens with zero attached hydrogens (tertiary/aromatic N) is 2. The van der Waals surface area contributed by atoms with Gasteiger partial charge in [0.2, 0.25) is 6.67 Å². The molecule has 0 spiro atoms. The van der Waals surface area contributed by atoms with E-state index >= 15 is 0 Å². The minimum atomic E-state index is -0.173. The maximum atomic E-state index is 9.60. The highest BCUT2D eigenvalue weighted by Gasteiger charge is 2.31. The van der Waals surface area contributed by atoms with E-state index in [9.17, 15) is 5.11 Å². The number of rotatable bonds is 1. The van der Waals surface area contributed by atoms with Gasteiger partial charge in [-0.15, -0.1) is 0 Å². The van der Waals surface area contributed by atoms with Crippen LogP contribution in [0.15, 0.2) is 12.4 Å². The van der Waals surface area contributed by atoms with Gasteiger partial charge >= 0.3 is 0 Å². The van der Waals surface area contributed by atoms with Crippen LogP contribution in [0.25, 0.3) is 0 Å². The molecule has 3 heteroatoms. The third kappa shape index (κ3) is 1.29. The Bertz CT molecular complexity index is 193. The van der Waals surface area contributed by atoms with Crippen LogP contribution in [-0.4, -0.2) is 34.1 Å². The summed E-state index contributed by atoms with van der Waals surface area (Å²) in [6.45, 7) is 3.12. The van der Waals surface area contributed by atoms with Crippen molar-refractivity contribution in [3.8, 4) is 0 Å². The van der Waals surface area contributed by atoms with Gasteiger partial charge in [0.05, 0.1) is 12.1 Å². The first-order valence-corrected chi connectivity index (χ1v) is 4.41. The monoisotopic (exact) mass is 166 g/mol. The van der Waals surface area contributed by atoms with E-state index in [0.717, 1.165) is 19.3 Å². The zero-order valence-electron chi connectivity index (χ0n) is 7.27. The SMILES string of the molecule is CN1[C]N(C2CCCC2O)C=C1. The van der Waals surface area contributed by atoms with E-state index in [4.69, 9.17) is 0 Å². The highest BCUT2D eigenvalue weighted by molar-refractivity contribution is 5.01. The predicted molar refractivity (Wildman–Crippen MR) is 45.6 cm³/mol. The maximum absolute atomic E-state index is 9.60. The molecule has 1 saturated carbocycles. The second-order valence-electron chi connectivity index (χ2n) is 3.48. The molecule has 1 aliphatic heterocycles. The van der Waals surface area contributed by atoms with Gasteiger partial charge in [0.15, 0.2) is 0 Å². The van der Waals surface area contributed by atoms with Crippen molar-refractivity contribution in [2.24, 2.45) is 0 Å². The molecule has 1 fully saturated rings. The Labute approximate surface area is 73.3 Å². The Balaban J connectivity index is 1.97. The third-order valence-corrected chi connectivity index (χ3v) is 2.53. The van der Waals surface area contributed by atoms with Crippen molar-refractivity contribution in [3.63, 3.8) is 0 Å². The first-order valence-electron chi connectivity index (χ1n) is 4.41. The van der Waals surface area contributed by atoms with Crippen LogP contribution in [0, 0.1) is 6.67 Å². The fraction of sp³-hybridized carbons (Fsp3) is 0.667. The molecule has 12 heavy (non-hydrogen) atoms. The van der Waals surface area contributed by atoms with E-state index in [0.29, 0.717) is 0 Å². The van der Waals surface area contributed by atoms with Gasteiger partial charge in [-0.05, 0) is 19.3 Å². The molecule has 0 aromatic rings. The van der Waals surface area contributed by atoms with Crippen molar-refractivity contribution < 1.29 is 5.11 Å². The minimum Gasteiger partial charge on any atom is -0.391 e. The van der Waals surface area contributed by atoms with Crippen molar-refractivity contribution in [1.82, 2.24) is 9.80 Å². The number of aliphatic hydroxyl groups excluding tert-OH is 1. The van der Waals surface area contributed by atoms with Crippen LogP contribution in [-0.2, 0) is 0 Å². The van der Waals surface area contributed by atoms with Gasteiger partial charge in [-0.1, -0.05) is 0 Å². The molecule has 0 aromatic heterocycles. The Morgan fingerprint density at radius 2 is 2.25 bits per heavy atom. The average molecular weight is 166 g/mol. The van der Waals surface area contributed by atoms with Crippen LogP contribution in [0.5, 0.6) is 0 Å². The second kappa shape index (κ2) is 2.98. The van der Waals surface area contributed by atoms with E-state index < -0.39 is 0 Å². The maximum Gasteiger partial charge on any atom is 0.207 e. The molecule has 1 aliphatic carbocycles. The van der Waals surface area contributed by atoms with Crippen LogP contribution < -0.4 is 0 Å². The molecule has 0 aromatic carbocycles. The van der Waals surface area contributed by atoms with Gasteiger partial charge < -0.3 is 14.9 Å². The summed E-state index contributed by atoms with van der Waals surface area (Å²) in [5.41, 5.74) is 0. The number of hydrogen-bond acceptors (Lipinski definition) is 3. The van der Waals surface area contributed by atoms with Crippen LogP contribution >= 0.6 is 0 Å². The van der Waals surface area contributed by atoms with Crippen molar-refractivity contribution in [3.05, 3.63) is 19.1 Å². The summed E-state index contributed by atoms with van der Waals surface area (Å²) < 4.78 is 0. The first kappa shape index (κ1) is 7.92. The molecule has 2 radical (unpaired) electrons. The Morgan fingerprint density at radius 3 is 2.75 bits per heavy atom. The lowest BCUT2D eigenvalue weighted by atomic mass is 10.2. The topological polar surface area (TPSA) is 26.7 Å². The summed E-state index contributed by atoms with van der Waals surface area (Å²) in [7, 11) is 1.94. The zero-order chi connectivity index (χ0) is 8.55. The third-order valence-electron chi connectivity index (χ3n) is 2.53. The molecule has 2 aliphatic rings.